The number of hydrogen-bond donors (Lipinski definition) is 0. The van der Waals surface area contributed by atoms with Crippen LogP contribution in [0.1, 0.15) is 44.6 Å². The van der Waals surface area contributed by atoms with Crippen molar-refractivity contribution in [1.82, 2.24) is 0 Å². The van der Waals surface area contributed by atoms with Gasteiger partial charge < -0.3 is 4.74 Å². The molecule has 1 fully saturated rings. The molecule has 1 aromatic rings. The molecule has 0 heterocycles. The summed E-state index contributed by atoms with van der Waals surface area (Å²) in [5.41, 5.74) is 0.590. The molecule has 5 heteroatoms. The van der Waals surface area contributed by atoms with E-state index in [9.17, 15) is 14.0 Å². The molecule has 2 aliphatic carbocycles. The molecule has 1 aromatic carbocycles. The van der Waals surface area contributed by atoms with Crippen LogP contribution in [-0.4, -0.2) is 18.4 Å². The normalized spacial score (nSPS) is 24.9. The summed E-state index contributed by atoms with van der Waals surface area (Å²) in [6.07, 6.45) is 13.4. The molecule has 0 bridgehead atoms. The Labute approximate surface area is 177 Å². The molecule has 1 saturated carbocycles. The Kier molecular flexibility index (Phi) is 7.65. The molecule has 0 aliphatic heterocycles. The van der Waals surface area contributed by atoms with E-state index in [0.717, 1.165) is 32.1 Å². The third-order valence-corrected chi connectivity index (χ3v) is 6.50. The number of ether oxygens (including phenoxy) is 1. The molecule has 0 spiro atoms. The van der Waals surface area contributed by atoms with E-state index in [4.69, 9.17) is 16.3 Å². The Hall–Kier alpha value is -1.94. The fourth-order valence-corrected chi connectivity index (χ4v) is 4.76. The Morgan fingerprint density at radius 3 is 2.59 bits per heavy atom. The van der Waals surface area contributed by atoms with Gasteiger partial charge in [0.2, 0.25) is 0 Å². The van der Waals surface area contributed by atoms with Crippen molar-refractivity contribution in [3.63, 3.8) is 0 Å². The van der Waals surface area contributed by atoms with Crippen LogP contribution in [0, 0.1) is 29.5 Å². The van der Waals surface area contributed by atoms with Gasteiger partial charge in [-0.2, -0.15) is 0 Å². The molecule has 2 unspecified atom stereocenters. The van der Waals surface area contributed by atoms with Gasteiger partial charge in [-0.05, 0) is 75.0 Å². The lowest BCUT2D eigenvalue weighted by molar-refractivity contribution is -0.153. The van der Waals surface area contributed by atoms with E-state index in [1.807, 2.05) is 0 Å². The van der Waals surface area contributed by atoms with Crippen molar-refractivity contribution in [2.24, 2.45) is 23.7 Å². The monoisotopic (exact) mass is 418 g/mol. The molecule has 29 heavy (non-hydrogen) atoms. The number of hydrogen-bond acceptors (Lipinski definition) is 3. The highest BCUT2D eigenvalue weighted by atomic mass is 35.5. The van der Waals surface area contributed by atoms with E-state index in [1.54, 1.807) is 6.92 Å². The molecule has 0 aromatic heterocycles. The number of esters is 1. The lowest BCUT2D eigenvalue weighted by atomic mass is 9.71. The summed E-state index contributed by atoms with van der Waals surface area (Å²) in [4.78, 5) is 25.8. The second-order valence-electron chi connectivity index (χ2n) is 7.97. The van der Waals surface area contributed by atoms with Gasteiger partial charge in [0.15, 0.2) is 5.78 Å². The largest absolute Gasteiger partial charge is 0.465 e. The molecule has 3 rings (SSSR count). The Morgan fingerprint density at radius 1 is 1.21 bits per heavy atom. The van der Waals surface area contributed by atoms with E-state index in [-0.39, 0.29) is 29.8 Å². The predicted molar refractivity (Wildman–Crippen MR) is 112 cm³/mol. The fraction of sp³-hybridized carbons (Fsp3) is 0.500. The van der Waals surface area contributed by atoms with Crippen molar-refractivity contribution >= 4 is 23.4 Å². The summed E-state index contributed by atoms with van der Waals surface area (Å²) < 4.78 is 18.5. The highest BCUT2D eigenvalue weighted by Gasteiger charge is 2.37. The topological polar surface area (TPSA) is 43.4 Å². The Bertz CT molecular complexity index is 793. The van der Waals surface area contributed by atoms with Crippen LogP contribution in [0.25, 0.3) is 0 Å². The molecular weight excluding hydrogens is 391 g/mol. The number of allylic oxidation sites excluding steroid dienone is 4. The van der Waals surface area contributed by atoms with Gasteiger partial charge in [-0.15, -0.1) is 0 Å². The summed E-state index contributed by atoms with van der Waals surface area (Å²) in [5.74, 6) is -0.910. The fourth-order valence-electron chi connectivity index (χ4n) is 4.52. The van der Waals surface area contributed by atoms with Crippen molar-refractivity contribution in [3.05, 3.63) is 58.9 Å². The number of ketones is 1. The lowest BCUT2D eigenvalue weighted by Crippen LogP contribution is -2.35. The second kappa shape index (κ2) is 10.2. The molecule has 156 valence electrons. The van der Waals surface area contributed by atoms with Gasteiger partial charge in [0.1, 0.15) is 11.7 Å². The van der Waals surface area contributed by atoms with Crippen LogP contribution in [0.5, 0.6) is 0 Å². The third kappa shape index (κ3) is 5.57. The van der Waals surface area contributed by atoms with Gasteiger partial charge >= 0.3 is 5.97 Å². The summed E-state index contributed by atoms with van der Waals surface area (Å²) >= 11 is 6.14. The minimum Gasteiger partial charge on any atom is -0.465 e. The third-order valence-electron chi connectivity index (χ3n) is 6.15. The molecule has 0 radical (unpaired) electrons. The van der Waals surface area contributed by atoms with Gasteiger partial charge in [-0.3, -0.25) is 9.59 Å². The van der Waals surface area contributed by atoms with Crippen LogP contribution in [0.15, 0.2) is 42.5 Å². The van der Waals surface area contributed by atoms with E-state index in [0.29, 0.717) is 17.4 Å². The average Bonchev–Trinajstić information content (AvgIpc) is 2.73. The minimum absolute atomic E-state index is 0.0682. The predicted octanol–water partition coefficient (Wildman–Crippen LogP) is 5.71. The standard InChI is InChI=1S/C24H28ClFO3/c1-2-29-24(28)21(14-19-12-13-20(26)15-22(19)25)23(27)18-10-8-17(9-11-18)16-6-4-3-5-7-16/h3-6,12-13,15-18,21H,2,7-11,14H2,1H3. The van der Waals surface area contributed by atoms with Crippen LogP contribution in [0.2, 0.25) is 5.02 Å². The van der Waals surface area contributed by atoms with Crippen molar-refractivity contribution in [2.75, 3.05) is 6.61 Å². The SMILES string of the molecule is CCOC(=O)C(Cc1ccc(F)cc1Cl)C(=O)C1CCC(C2C=CC=CC2)CC1. The van der Waals surface area contributed by atoms with Crippen molar-refractivity contribution in [3.8, 4) is 0 Å². The van der Waals surface area contributed by atoms with E-state index >= 15 is 0 Å². The van der Waals surface area contributed by atoms with E-state index < -0.39 is 17.7 Å². The first kappa shape index (κ1) is 21.8. The average molecular weight is 419 g/mol. The minimum atomic E-state index is -0.892. The molecular formula is C24H28ClFO3. The maximum Gasteiger partial charge on any atom is 0.316 e. The van der Waals surface area contributed by atoms with Gasteiger partial charge in [-0.1, -0.05) is 42.0 Å². The van der Waals surface area contributed by atoms with Crippen LogP contribution in [-0.2, 0) is 20.7 Å². The first-order chi connectivity index (χ1) is 14.0. The smallest absolute Gasteiger partial charge is 0.316 e. The number of carbonyl (C=O) groups is 2. The van der Waals surface area contributed by atoms with Crippen LogP contribution >= 0.6 is 11.6 Å². The van der Waals surface area contributed by atoms with E-state index in [1.165, 1.54) is 18.2 Å². The molecule has 2 aliphatic rings. The molecule has 0 amide bonds. The van der Waals surface area contributed by atoms with Crippen LogP contribution in [0.3, 0.4) is 0 Å². The summed E-state index contributed by atoms with van der Waals surface area (Å²) in [6.45, 7) is 1.94. The van der Waals surface area contributed by atoms with Crippen molar-refractivity contribution < 1.29 is 18.7 Å². The lowest BCUT2D eigenvalue weighted by Gasteiger charge is -2.33. The zero-order chi connectivity index (χ0) is 20.8. The number of Topliss-reactive ketones (excluding diaryl/α,β-unsaturated/α-hetero) is 1. The highest BCUT2D eigenvalue weighted by molar-refractivity contribution is 6.31. The molecule has 0 N–H and O–H groups in total. The Morgan fingerprint density at radius 2 is 1.97 bits per heavy atom. The summed E-state index contributed by atoms with van der Waals surface area (Å²) in [5, 5.41) is 0.230. The number of carbonyl (C=O) groups excluding carboxylic acids is 2. The molecule has 0 saturated heterocycles. The van der Waals surface area contributed by atoms with Crippen LogP contribution < -0.4 is 0 Å². The second-order valence-corrected chi connectivity index (χ2v) is 8.38. The zero-order valence-corrected chi connectivity index (χ0v) is 17.5. The van der Waals surface area contributed by atoms with Gasteiger partial charge in [0.25, 0.3) is 0 Å². The number of halogens is 2. The maximum absolute atomic E-state index is 13.4. The van der Waals surface area contributed by atoms with Gasteiger partial charge in [-0.25, -0.2) is 4.39 Å². The van der Waals surface area contributed by atoms with Gasteiger partial charge in [0, 0.05) is 10.9 Å². The summed E-state index contributed by atoms with van der Waals surface area (Å²) in [6, 6.07) is 4.04. The molecule has 2 atom stereocenters. The highest BCUT2D eigenvalue weighted by Crippen LogP contribution is 2.38. The number of benzene rings is 1. The van der Waals surface area contributed by atoms with Crippen molar-refractivity contribution in [1.29, 1.82) is 0 Å². The molecule has 3 nitrogen and oxygen atoms in total. The Balaban J connectivity index is 1.67. The number of rotatable bonds is 7. The summed E-state index contributed by atoms with van der Waals surface area (Å²) in [7, 11) is 0. The maximum atomic E-state index is 13.4. The van der Waals surface area contributed by atoms with Crippen LogP contribution in [0.4, 0.5) is 4.39 Å². The first-order valence-electron chi connectivity index (χ1n) is 10.5. The van der Waals surface area contributed by atoms with E-state index in [2.05, 4.69) is 24.3 Å². The van der Waals surface area contributed by atoms with Crippen molar-refractivity contribution in [2.45, 2.75) is 45.4 Å². The first-order valence-corrected chi connectivity index (χ1v) is 10.8. The zero-order valence-electron chi connectivity index (χ0n) is 16.8. The van der Waals surface area contributed by atoms with Gasteiger partial charge in [0.05, 0.1) is 6.61 Å². The quantitative estimate of drug-likeness (QED) is 0.420.